The van der Waals surface area contributed by atoms with E-state index >= 15 is 0 Å². The number of rotatable bonds is 7. The van der Waals surface area contributed by atoms with Gasteiger partial charge < -0.3 is 10.1 Å². The predicted octanol–water partition coefficient (Wildman–Crippen LogP) is 4.70. The van der Waals surface area contributed by atoms with Gasteiger partial charge in [0.15, 0.2) is 5.78 Å². The summed E-state index contributed by atoms with van der Waals surface area (Å²) in [5.74, 6) is 0.791. The summed E-state index contributed by atoms with van der Waals surface area (Å²) in [6, 6.07) is 14.4. The minimum atomic E-state index is -0.160. The number of methoxy groups -OCH3 is 1. The number of hydrogen-bond donors (Lipinski definition) is 1. The first-order valence-electron chi connectivity index (χ1n) is 9.33. The zero-order valence-electron chi connectivity index (χ0n) is 16.8. The molecule has 0 aliphatic rings. The quantitative estimate of drug-likeness (QED) is 0.248. The molecule has 0 atom stereocenters. The highest BCUT2D eigenvalue weighted by Gasteiger charge is 2.15. The van der Waals surface area contributed by atoms with Crippen molar-refractivity contribution < 1.29 is 14.3 Å². The Balaban J connectivity index is 1.46. The maximum absolute atomic E-state index is 12.4. The number of ketones is 1. The first kappa shape index (κ1) is 21.0. The van der Waals surface area contributed by atoms with Gasteiger partial charge in [-0.1, -0.05) is 11.8 Å². The molecule has 0 fully saturated rings. The summed E-state index contributed by atoms with van der Waals surface area (Å²) in [6.45, 7) is 1.51. The maximum atomic E-state index is 12.4. The SMILES string of the molecule is COc1ccc(-c2nsc3c(SCC(=O)Nc4ccc(C(C)=O)cc4)ncnc23)cc1. The standard InChI is InChI=1S/C22H18N4O3S2/c1-13(27)14-3-7-16(8-4-14)25-18(28)11-30-22-21-20(23-12-24-22)19(26-31-21)15-5-9-17(29-2)10-6-15/h3-10,12H,11H2,1-2H3,(H,25,28). The molecule has 1 N–H and O–H groups in total. The highest BCUT2D eigenvalue weighted by atomic mass is 32.2. The Morgan fingerprint density at radius 2 is 1.81 bits per heavy atom. The number of nitrogens with one attached hydrogen (secondary N) is 1. The lowest BCUT2D eigenvalue weighted by atomic mass is 10.1. The number of hydrogen-bond acceptors (Lipinski definition) is 8. The van der Waals surface area contributed by atoms with Crippen LogP contribution in [0, 0.1) is 0 Å². The Kier molecular flexibility index (Phi) is 6.24. The third-order valence-corrected chi connectivity index (χ3v) is 6.46. The van der Waals surface area contributed by atoms with Crippen molar-refractivity contribution >= 4 is 50.9 Å². The van der Waals surface area contributed by atoms with E-state index in [9.17, 15) is 9.59 Å². The highest BCUT2D eigenvalue weighted by Crippen LogP contribution is 2.34. The molecule has 0 radical (unpaired) electrons. The summed E-state index contributed by atoms with van der Waals surface area (Å²) in [6.07, 6.45) is 1.49. The van der Waals surface area contributed by atoms with Gasteiger partial charge in [-0.2, -0.15) is 4.37 Å². The number of Topliss-reactive ketones (excluding diaryl/α,β-unsaturated/α-hetero) is 1. The number of ether oxygens (including phenoxy) is 1. The summed E-state index contributed by atoms with van der Waals surface area (Å²) >= 11 is 2.65. The summed E-state index contributed by atoms with van der Waals surface area (Å²) in [5.41, 5.74) is 3.72. The van der Waals surface area contributed by atoms with E-state index in [1.54, 1.807) is 31.4 Å². The minimum absolute atomic E-state index is 0.0141. The molecule has 2 aromatic heterocycles. The topological polar surface area (TPSA) is 94.1 Å². The zero-order chi connectivity index (χ0) is 21.8. The normalized spacial score (nSPS) is 10.8. The van der Waals surface area contributed by atoms with E-state index in [-0.39, 0.29) is 17.4 Å². The van der Waals surface area contributed by atoms with Crippen molar-refractivity contribution in [1.29, 1.82) is 0 Å². The average molecular weight is 451 g/mol. The third kappa shape index (κ3) is 4.73. The molecular weight excluding hydrogens is 432 g/mol. The van der Waals surface area contributed by atoms with Gasteiger partial charge >= 0.3 is 0 Å². The van der Waals surface area contributed by atoms with Gasteiger partial charge in [0, 0.05) is 16.8 Å². The first-order chi connectivity index (χ1) is 15.0. The molecule has 4 rings (SSSR count). The van der Waals surface area contributed by atoms with E-state index in [1.807, 2.05) is 24.3 Å². The molecule has 7 nitrogen and oxygen atoms in total. The smallest absolute Gasteiger partial charge is 0.234 e. The van der Waals surface area contributed by atoms with Crippen molar-refractivity contribution in [3.63, 3.8) is 0 Å². The van der Waals surface area contributed by atoms with Crippen molar-refractivity contribution in [2.75, 3.05) is 18.2 Å². The third-order valence-electron chi connectivity index (χ3n) is 4.50. The van der Waals surface area contributed by atoms with Crippen LogP contribution in [0.4, 0.5) is 5.69 Å². The van der Waals surface area contributed by atoms with Crippen molar-refractivity contribution in [2.24, 2.45) is 0 Å². The number of carbonyl (C=O) groups excluding carboxylic acids is 2. The second kappa shape index (κ2) is 9.23. The van der Waals surface area contributed by atoms with Crippen LogP contribution < -0.4 is 10.1 Å². The molecule has 0 saturated heterocycles. The van der Waals surface area contributed by atoms with Crippen molar-refractivity contribution in [3.05, 3.63) is 60.4 Å². The van der Waals surface area contributed by atoms with Crippen molar-refractivity contribution in [3.8, 4) is 17.0 Å². The molecule has 1 amide bonds. The van der Waals surface area contributed by atoms with Crippen LogP contribution >= 0.6 is 23.3 Å². The number of aromatic nitrogens is 3. The number of nitrogens with zero attached hydrogens (tertiary/aromatic N) is 3. The Morgan fingerprint density at radius 3 is 2.48 bits per heavy atom. The molecule has 31 heavy (non-hydrogen) atoms. The molecule has 2 aromatic carbocycles. The monoisotopic (exact) mass is 450 g/mol. The molecular formula is C22H18N4O3S2. The lowest BCUT2D eigenvalue weighted by Crippen LogP contribution is -2.14. The van der Waals surface area contributed by atoms with Gasteiger partial charge in [-0.25, -0.2) is 9.97 Å². The van der Waals surface area contributed by atoms with Gasteiger partial charge in [0.25, 0.3) is 0 Å². The molecule has 0 aliphatic heterocycles. The van der Waals surface area contributed by atoms with Crippen LogP contribution in [0.2, 0.25) is 0 Å². The van der Waals surface area contributed by atoms with Crippen LogP contribution in [0.25, 0.3) is 21.5 Å². The summed E-state index contributed by atoms with van der Waals surface area (Å²) in [7, 11) is 1.63. The average Bonchev–Trinajstić information content (AvgIpc) is 3.23. The Morgan fingerprint density at radius 1 is 1.06 bits per heavy atom. The van der Waals surface area contributed by atoms with Crippen LogP contribution in [0.5, 0.6) is 5.75 Å². The lowest BCUT2D eigenvalue weighted by molar-refractivity contribution is -0.113. The number of anilines is 1. The fourth-order valence-corrected chi connectivity index (χ4v) is 4.62. The molecule has 9 heteroatoms. The largest absolute Gasteiger partial charge is 0.497 e. The molecule has 156 valence electrons. The molecule has 0 unspecified atom stereocenters. The maximum Gasteiger partial charge on any atom is 0.234 e. The second-order valence-corrected chi connectivity index (χ2v) is 8.32. The fraction of sp³-hybridized carbons (Fsp3) is 0.136. The Bertz CT molecular complexity index is 1240. The molecule has 0 spiro atoms. The van der Waals surface area contributed by atoms with E-state index in [4.69, 9.17) is 4.74 Å². The Hall–Kier alpha value is -3.30. The molecule has 0 bridgehead atoms. The molecule has 2 heterocycles. The van der Waals surface area contributed by atoms with E-state index in [0.717, 1.165) is 27.2 Å². The van der Waals surface area contributed by atoms with E-state index in [0.29, 0.717) is 16.3 Å². The summed E-state index contributed by atoms with van der Waals surface area (Å²) in [4.78, 5) is 32.5. The van der Waals surface area contributed by atoms with E-state index in [1.165, 1.54) is 36.5 Å². The number of amides is 1. The van der Waals surface area contributed by atoms with Gasteiger partial charge in [-0.3, -0.25) is 9.59 Å². The van der Waals surface area contributed by atoms with E-state index < -0.39 is 0 Å². The van der Waals surface area contributed by atoms with Crippen LogP contribution in [-0.2, 0) is 4.79 Å². The van der Waals surface area contributed by atoms with Crippen molar-refractivity contribution in [2.45, 2.75) is 11.9 Å². The van der Waals surface area contributed by atoms with Crippen LogP contribution in [0.3, 0.4) is 0 Å². The summed E-state index contributed by atoms with van der Waals surface area (Å²) in [5, 5.41) is 3.54. The van der Waals surface area contributed by atoms with Crippen molar-refractivity contribution in [1.82, 2.24) is 14.3 Å². The first-order valence-corrected chi connectivity index (χ1v) is 11.1. The van der Waals surface area contributed by atoms with Gasteiger partial charge in [0.05, 0.1) is 12.9 Å². The van der Waals surface area contributed by atoms with E-state index in [2.05, 4.69) is 19.7 Å². The lowest BCUT2D eigenvalue weighted by Gasteiger charge is -2.06. The Labute approximate surface area is 187 Å². The van der Waals surface area contributed by atoms with Gasteiger partial charge in [-0.05, 0) is 67.0 Å². The second-order valence-electron chi connectivity index (χ2n) is 6.59. The number of benzene rings is 2. The summed E-state index contributed by atoms with van der Waals surface area (Å²) < 4.78 is 10.6. The van der Waals surface area contributed by atoms with Crippen LogP contribution in [-0.4, -0.2) is 38.9 Å². The van der Waals surface area contributed by atoms with Crippen LogP contribution in [0.1, 0.15) is 17.3 Å². The highest BCUT2D eigenvalue weighted by molar-refractivity contribution is 8.00. The molecule has 0 saturated carbocycles. The fourth-order valence-electron chi connectivity index (χ4n) is 2.90. The van der Waals surface area contributed by atoms with Gasteiger partial charge in [0.1, 0.15) is 33.0 Å². The molecule has 0 aliphatic carbocycles. The molecule has 4 aromatic rings. The van der Waals surface area contributed by atoms with Gasteiger partial charge in [0.2, 0.25) is 5.91 Å². The minimum Gasteiger partial charge on any atom is -0.497 e. The van der Waals surface area contributed by atoms with Gasteiger partial charge in [-0.15, -0.1) is 0 Å². The van der Waals surface area contributed by atoms with Crippen LogP contribution in [0.15, 0.2) is 59.9 Å². The zero-order valence-corrected chi connectivity index (χ0v) is 18.4. The number of fused-ring (bicyclic) bond motifs is 1. The number of thioether (sulfide) groups is 1. The number of carbonyl (C=O) groups is 2. The predicted molar refractivity (Wildman–Crippen MR) is 123 cm³/mol.